The highest BCUT2D eigenvalue weighted by atomic mass is 16.6. The minimum atomic E-state index is -0.981. The average Bonchev–Trinajstić information content (AvgIpc) is 3.41. The molecular weight excluding hydrogens is 488 g/mol. The van der Waals surface area contributed by atoms with Crippen molar-refractivity contribution < 1.29 is 24.0 Å². The van der Waals surface area contributed by atoms with Gasteiger partial charge in [0.15, 0.2) is 0 Å². The summed E-state index contributed by atoms with van der Waals surface area (Å²) in [5.74, 6) is -2.39. The minimum Gasteiger partial charge on any atom is -0.497 e. The van der Waals surface area contributed by atoms with Crippen LogP contribution in [0, 0.1) is 22.0 Å². The first-order chi connectivity index (χ1) is 18.4. The molecule has 4 unspecified atom stereocenters. The molecule has 3 aromatic carbocycles. The largest absolute Gasteiger partial charge is 0.497 e. The lowest BCUT2D eigenvalue weighted by Gasteiger charge is -2.36. The summed E-state index contributed by atoms with van der Waals surface area (Å²) in [6, 6.07) is 18.1. The Hall–Kier alpha value is -4.99. The van der Waals surface area contributed by atoms with Gasteiger partial charge in [0.1, 0.15) is 11.8 Å². The van der Waals surface area contributed by atoms with Gasteiger partial charge in [0.25, 0.3) is 5.69 Å². The average molecular weight is 511 g/mol. The van der Waals surface area contributed by atoms with Crippen LogP contribution in [0.25, 0.3) is 6.08 Å². The number of carbonyl (C=O) groups is 3. The lowest BCUT2D eigenvalue weighted by atomic mass is 9.88. The van der Waals surface area contributed by atoms with Gasteiger partial charge < -0.3 is 15.0 Å². The van der Waals surface area contributed by atoms with Gasteiger partial charge in [0.2, 0.25) is 17.7 Å². The van der Waals surface area contributed by atoms with E-state index in [1.165, 1.54) is 31.4 Å². The molecule has 10 heteroatoms. The second-order valence-electron chi connectivity index (χ2n) is 9.32. The number of nitrogens with one attached hydrogen (secondary N) is 1. The van der Waals surface area contributed by atoms with Gasteiger partial charge in [-0.15, -0.1) is 0 Å². The molecular formula is C28H22N4O6. The monoisotopic (exact) mass is 510 g/mol. The first-order valence-electron chi connectivity index (χ1n) is 12.0. The molecule has 0 bridgehead atoms. The summed E-state index contributed by atoms with van der Waals surface area (Å²) in [6.07, 6.45) is 3.79. The Kier molecular flexibility index (Phi) is 5.45. The molecule has 0 aliphatic carbocycles. The van der Waals surface area contributed by atoms with Crippen molar-refractivity contribution in [2.75, 3.05) is 22.2 Å². The summed E-state index contributed by atoms with van der Waals surface area (Å²) in [4.78, 5) is 54.9. The van der Waals surface area contributed by atoms with E-state index in [9.17, 15) is 24.5 Å². The first kappa shape index (κ1) is 23.4. The Labute approximate surface area is 217 Å². The highest BCUT2D eigenvalue weighted by Crippen LogP contribution is 2.49. The molecule has 3 heterocycles. The van der Waals surface area contributed by atoms with Gasteiger partial charge in [-0.05, 0) is 48.0 Å². The van der Waals surface area contributed by atoms with E-state index in [0.717, 1.165) is 16.2 Å². The van der Waals surface area contributed by atoms with Crippen LogP contribution >= 0.6 is 0 Å². The fraction of sp³-hybridized carbons (Fsp3) is 0.179. The third-order valence-electron chi connectivity index (χ3n) is 7.36. The fourth-order valence-electron chi connectivity index (χ4n) is 5.68. The molecule has 3 aromatic rings. The van der Waals surface area contributed by atoms with Gasteiger partial charge in [-0.1, -0.05) is 30.4 Å². The number of benzene rings is 3. The smallest absolute Gasteiger partial charge is 0.269 e. The molecule has 2 saturated heterocycles. The third-order valence-corrected chi connectivity index (χ3v) is 7.36. The second kappa shape index (κ2) is 8.84. The molecule has 0 spiro atoms. The zero-order valence-electron chi connectivity index (χ0n) is 20.2. The molecule has 4 atom stereocenters. The predicted octanol–water partition coefficient (Wildman–Crippen LogP) is 3.63. The number of ether oxygens (including phenoxy) is 1. The van der Waals surface area contributed by atoms with Crippen LogP contribution in [0.15, 0.2) is 78.9 Å². The number of methoxy groups -OCH3 is 1. The molecule has 0 radical (unpaired) electrons. The number of nitro benzene ring substituents is 1. The van der Waals surface area contributed by atoms with Crippen LogP contribution in [-0.4, -0.2) is 41.8 Å². The van der Waals surface area contributed by atoms with E-state index in [1.807, 2.05) is 41.3 Å². The van der Waals surface area contributed by atoms with Gasteiger partial charge in [-0.2, -0.15) is 0 Å². The van der Waals surface area contributed by atoms with E-state index in [0.29, 0.717) is 17.1 Å². The summed E-state index contributed by atoms with van der Waals surface area (Å²) in [5, 5.41) is 13.8. The summed E-state index contributed by atoms with van der Waals surface area (Å²) in [6.45, 7) is 0. The Bertz CT molecular complexity index is 1500. The molecule has 3 aliphatic rings. The lowest BCUT2D eigenvalue weighted by Crippen LogP contribution is -2.50. The van der Waals surface area contributed by atoms with E-state index in [1.54, 1.807) is 24.3 Å². The molecule has 1 N–H and O–H groups in total. The standard InChI is InChI=1S/C28H22N4O6/c1-38-20-13-11-18(12-14-20)30-27(34)23-22-15-6-16-4-2-3-5-21(16)31(22)25(24(23)28(30)35)26(33)29-17-7-9-19(10-8-17)32(36)37/h2-15,22-25H,1H3,(H,29,33). The predicted molar refractivity (Wildman–Crippen MR) is 140 cm³/mol. The zero-order valence-corrected chi connectivity index (χ0v) is 20.2. The van der Waals surface area contributed by atoms with Crippen molar-refractivity contribution in [2.45, 2.75) is 12.1 Å². The number of hydrogen-bond donors (Lipinski definition) is 1. The molecule has 190 valence electrons. The van der Waals surface area contributed by atoms with Crippen molar-refractivity contribution >= 4 is 46.5 Å². The van der Waals surface area contributed by atoms with Gasteiger partial charge >= 0.3 is 0 Å². The van der Waals surface area contributed by atoms with Gasteiger partial charge in [-0.3, -0.25) is 24.5 Å². The van der Waals surface area contributed by atoms with Crippen LogP contribution < -0.4 is 19.9 Å². The van der Waals surface area contributed by atoms with Gasteiger partial charge in [-0.25, -0.2) is 4.90 Å². The highest BCUT2D eigenvalue weighted by molar-refractivity contribution is 6.25. The van der Waals surface area contributed by atoms with E-state index in [4.69, 9.17) is 4.74 Å². The molecule has 10 nitrogen and oxygen atoms in total. The number of para-hydroxylation sites is 1. The number of imide groups is 1. The van der Waals surface area contributed by atoms with Crippen LogP contribution in [-0.2, 0) is 14.4 Å². The maximum absolute atomic E-state index is 13.9. The van der Waals surface area contributed by atoms with Gasteiger partial charge in [0.05, 0.1) is 35.6 Å². The SMILES string of the molecule is COc1ccc(N2C(=O)C3C(C2=O)C(C(=O)Nc2ccc([N+](=O)[O-])cc2)N2c4ccccc4C=CC32)cc1. The minimum absolute atomic E-state index is 0.106. The Morgan fingerprint density at radius 3 is 2.32 bits per heavy atom. The fourth-order valence-corrected chi connectivity index (χ4v) is 5.68. The summed E-state index contributed by atoms with van der Waals surface area (Å²) >= 11 is 0. The van der Waals surface area contributed by atoms with E-state index >= 15 is 0 Å². The normalized spacial score (nSPS) is 23.1. The zero-order chi connectivity index (χ0) is 26.6. The van der Waals surface area contributed by atoms with Crippen LogP contribution in [0.2, 0.25) is 0 Å². The number of nitrogens with zero attached hydrogens (tertiary/aromatic N) is 3. The summed E-state index contributed by atoms with van der Waals surface area (Å²) < 4.78 is 5.20. The van der Waals surface area contributed by atoms with Crippen molar-refractivity contribution in [1.82, 2.24) is 0 Å². The van der Waals surface area contributed by atoms with Crippen LogP contribution in [0.5, 0.6) is 5.75 Å². The van der Waals surface area contributed by atoms with Crippen molar-refractivity contribution in [3.05, 3.63) is 94.6 Å². The van der Waals surface area contributed by atoms with Crippen LogP contribution in [0.4, 0.5) is 22.7 Å². The number of anilines is 3. The maximum Gasteiger partial charge on any atom is 0.269 e. The molecule has 0 aromatic heterocycles. The van der Waals surface area contributed by atoms with Crippen molar-refractivity contribution in [3.63, 3.8) is 0 Å². The van der Waals surface area contributed by atoms with Crippen LogP contribution in [0.3, 0.4) is 0 Å². The molecule has 38 heavy (non-hydrogen) atoms. The van der Waals surface area contributed by atoms with E-state index in [-0.39, 0.29) is 11.6 Å². The first-order valence-corrected chi connectivity index (χ1v) is 12.0. The summed E-state index contributed by atoms with van der Waals surface area (Å²) in [7, 11) is 1.53. The van der Waals surface area contributed by atoms with Crippen molar-refractivity contribution in [3.8, 4) is 5.75 Å². The van der Waals surface area contributed by atoms with Crippen molar-refractivity contribution in [2.24, 2.45) is 11.8 Å². The molecule has 3 aliphatic heterocycles. The Morgan fingerprint density at radius 2 is 1.63 bits per heavy atom. The number of amides is 3. The Balaban J connectivity index is 1.39. The molecule has 2 fully saturated rings. The maximum atomic E-state index is 13.9. The van der Waals surface area contributed by atoms with E-state index in [2.05, 4.69) is 5.32 Å². The highest BCUT2D eigenvalue weighted by Gasteiger charge is 2.64. The number of nitro groups is 1. The Morgan fingerprint density at radius 1 is 0.947 bits per heavy atom. The number of hydrogen-bond acceptors (Lipinski definition) is 7. The summed E-state index contributed by atoms with van der Waals surface area (Å²) in [5.41, 5.74) is 2.30. The molecule has 0 saturated carbocycles. The second-order valence-corrected chi connectivity index (χ2v) is 9.32. The topological polar surface area (TPSA) is 122 Å². The lowest BCUT2D eigenvalue weighted by molar-refractivity contribution is -0.384. The number of fused-ring (bicyclic) bond motifs is 5. The number of non-ortho nitro benzene ring substituents is 1. The number of rotatable bonds is 5. The third kappa shape index (κ3) is 3.52. The van der Waals surface area contributed by atoms with Crippen LogP contribution in [0.1, 0.15) is 5.56 Å². The molecule has 6 rings (SSSR count). The van der Waals surface area contributed by atoms with Crippen molar-refractivity contribution in [1.29, 1.82) is 0 Å². The molecule has 3 amide bonds. The number of carbonyl (C=O) groups excluding carboxylic acids is 3. The van der Waals surface area contributed by atoms with E-state index < -0.39 is 40.7 Å². The quantitative estimate of drug-likeness (QED) is 0.316. The van der Waals surface area contributed by atoms with Gasteiger partial charge in [0, 0.05) is 23.5 Å².